The van der Waals surface area contributed by atoms with E-state index in [1.165, 1.54) is 12.8 Å². The number of carbonyl (C=O) groups is 1. The van der Waals surface area contributed by atoms with Gasteiger partial charge in [-0.05, 0) is 52.9 Å². The molecule has 1 saturated heterocycles. The number of likely N-dealkylation sites (tertiary alicyclic amines) is 1. The number of amides is 1. The van der Waals surface area contributed by atoms with Crippen LogP contribution < -0.4 is 5.32 Å². The monoisotopic (exact) mass is 284 g/mol. The Kier molecular flexibility index (Phi) is 6.80. The van der Waals surface area contributed by atoms with Gasteiger partial charge in [0.15, 0.2) is 0 Å². The van der Waals surface area contributed by atoms with E-state index in [2.05, 4.69) is 19.2 Å². The lowest BCUT2D eigenvalue weighted by Crippen LogP contribution is -2.40. The Morgan fingerprint density at radius 2 is 1.90 bits per heavy atom. The highest BCUT2D eigenvalue weighted by Crippen LogP contribution is 2.16. The topological polar surface area (TPSA) is 41.6 Å². The number of hydrogen-bond donors (Lipinski definition) is 1. The molecule has 4 heteroatoms. The third-order valence-corrected chi connectivity index (χ3v) is 3.84. The molecular weight excluding hydrogens is 252 g/mol. The third-order valence-electron chi connectivity index (χ3n) is 3.84. The van der Waals surface area contributed by atoms with Gasteiger partial charge < -0.3 is 15.0 Å². The number of ether oxygens (including phenoxy) is 1. The number of rotatable bonds is 4. The van der Waals surface area contributed by atoms with E-state index in [4.69, 9.17) is 4.74 Å². The molecule has 20 heavy (non-hydrogen) atoms. The Balaban J connectivity index is 2.44. The van der Waals surface area contributed by atoms with Crippen LogP contribution >= 0.6 is 0 Å². The van der Waals surface area contributed by atoms with E-state index in [1.807, 2.05) is 25.7 Å². The van der Waals surface area contributed by atoms with Crippen LogP contribution in [0.5, 0.6) is 0 Å². The largest absolute Gasteiger partial charge is 0.444 e. The van der Waals surface area contributed by atoms with E-state index < -0.39 is 5.60 Å². The Morgan fingerprint density at radius 1 is 1.25 bits per heavy atom. The third kappa shape index (κ3) is 6.12. The first kappa shape index (κ1) is 17.3. The highest BCUT2D eigenvalue weighted by Gasteiger charge is 2.25. The molecule has 0 bridgehead atoms. The Labute approximate surface area is 124 Å². The van der Waals surface area contributed by atoms with Gasteiger partial charge in [-0.1, -0.05) is 13.8 Å². The van der Waals surface area contributed by atoms with Gasteiger partial charge in [-0.15, -0.1) is 0 Å². The quantitative estimate of drug-likeness (QED) is 0.858. The fraction of sp³-hybridized carbons (Fsp3) is 0.938. The second-order valence-corrected chi connectivity index (χ2v) is 6.78. The summed E-state index contributed by atoms with van der Waals surface area (Å²) in [5.74, 6) is 0. The smallest absolute Gasteiger partial charge is 0.410 e. The number of nitrogens with zero attached hydrogens (tertiary/aromatic N) is 1. The van der Waals surface area contributed by atoms with Gasteiger partial charge in [-0.3, -0.25) is 0 Å². The highest BCUT2D eigenvalue weighted by atomic mass is 16.6. The first-order valence-corrected chi connectivity index (χ1v) is 8.09. The summed E-state index contributed by atoms with van der Waals surface area (Å²) in [6, 6.07) is 1.14. The summed E-state index contributed by atoms with van der Waals surface area (Å²) in [6.45, 7) is 11.8. The minimum Gasteiger partial charge on any atom is -0.444 e. The molecule has 118 valence electrons. The van der Waals surface area contributed by atoms with Crippen molar-refractivity contribution in [3.05, 3.63) is 0 Å². The molecule has 0 aromatic carbocycles. The second-order valence-electron chi connectivity index (χ2n) is 6.78. The van der Waals surface area contributed by atoms with E-state index in [0.717, 1.165) is 32.4 Å². The van der Waals surface area contributed by atoms with Gasteiger partial charge in [0.2, 0.25) is 0 Å². The highest BCUT2D eigenvalue weighted by molar-refractivity contribution is 5.68. The van der Waals surface area contributed by atoms with E-state index in [1.54, 1.807) is 0 Å². The van der Waals surface area contributed by atoms with Crippen molar-refractivity contribution in [3.8, 4) is 0 Å². The zero-order chi connectivity index (χ0) is 15.2. The molecule has 0 aromatic heterocycles. The van der Waals surface area contributed by atoms with Crippen LogP contribution in [0.2, 0.25) is 0 Å². The molecule has 0 aromatic rings. The number of nitrogens with one attached hydrogen (secondary N) is 1. The molecule has 1 N–H and O–H groups in total. The minimum absolute atomic E-state index is 0.166. The van der Waals surface area contributed by atoms with Gasteiger partial charge in [0.1, 0.15) is 5.60 Å². The van der Waals surface area contributed by atoms with Gasteiger partial charge in [0.05, 0.1) is 0 Å². The van der Waals surface area contributed by atoms with E-state index in [0.29, 0.717) is 12.1 Å². The summed E-state index contributed by atoms with van der Waals surface area (Å²) >= 11 is 0. The fourth-order valence-corrected chi connectivity index (χ4v) is 2.63. The molecule has 0 aliphatic carbocycles. The van der Waals surface area contributed by atoms with E-state index >= 15 is 0 Å². The summed E-state index contributed by atoms with van der Waals surface area (Å²) in [5.41, 5.74) is -0.406. The standard InChI is InChI=1S/C16H32N2O2/c1-6-13(7-2)17-14-9-8-11-18(12-10-14)15(19)20-16(3,4)5/h13-14,17H,6-12H2,1-5H3. The Hall–Kier alpha value is -0.770. The van der Waals surface area contributed by atoms with Crippen LogP contribution in [-0.4, -0.2) is 41.8 Å². The molecule has 1 unspecified atom stereocenters. The van der Waals surface area contributed by atoms with Crippen molar-refractivity contribution in [3.63, 3.8) is 0 Å². The summed E-state index contributed by atoms with van der Waals surface area (Å²) in [7, 11) is 0. The zero-order valence-corrected chi connectivity index (χ0v) is 13.9. The van der Waals surface area contributed by atoms with Gasteiger partial charge in [0, 0.05) is 25.2 Å². The molecule has 1 amide bonds. The van der Waals surface area contributed by atoms with Crippen molar-refractivity contribution in [1.82, 2.24) is 10.2 Å². The maximum atomic E-state index is 12.1. The van der Waals surface area contributed by atoms with Crippen molar-refractivity contribution in [2.24, 2.45) is 0 Å². The molecule has 0 spiro atoms. The molecule has 1 aliphatic heterocycles. The summed E-state index contributed by atoms with van der Waals surface area (Å²) in [6.07, 6.45) is 5.40. The van der Waals surface area contributed by atoms with Gasteiger partial charge in [0.25, 0.3) is 0 Å². The molecule has 4 nitrogen and oxygen atoms in total. The second kappa shape index (κ2) is 7.87. The van der Waals surface area contributed by atoms with Crippen molar-refractivity contribution < 1.29 is 9.53 Å². The molecule has 0 saturated carbocycles. The predicted molar refractivity (Wildman–Crippen MR) is 83.0 cm³/mol. The van der Waals surface area contributed by atoms with E-state index in [-0.39, 0.29) is 6.09 Å². The molecule has 1 fully saturated rings. The molecule has 1 heterocycles. The van der Waals surface area contributed by atoms with Crippen molar-refractivity contribution >= 4 is 6.09 Å². The van der Waals surface area contributed by atoms with Crippen LogP contribution in [0.3, 0.4) is 0 Å². The zero-order valence-electron chi connectivity index (χ0n) is 13.9. The summed E-state index contributed by atoms with van der Waals surface area (Å²) in [5, 5.41) is 3.72. The molecular formula is C16H32N2O2. The lowest BCUT2D eigenvalue weighted by atomic mass is 10.1. The van der Waals surface area contributed by atoms with Crippen LogP contribution in [0.4, 0.5) is 4.79 Å². The summed E-state index contributed by atoms with van der Waals surface area (Å²) in [4.78, 5) is 14.0. The first-order valence-electron chi connectivity index (χ1n) is 8.09. The first-order chi connectivity index (χ1) is 9.35. The van der Waals surface area contributed by atoms with Gasteiger partial charge in [-0.2, -0.15) is 0 Å². The minimum atomic E-state index is -0.406. The van der Waals surface area contributed by atoms with Crippen LogP contribution in [0.15, 0.2) is 0 Å². The Morgan fingerprint density at radius 3 is 2.45 bits per heavy atom. The number of carbonyl (C=O) groups excluding carboxylic acids is 1. The SMILES string of the molecule is CCC(CC)NC1CCCN(C(=O)OC(C)(C)C)CC1. The van der Waals surface area contributed by atoms with E-state index in [9.17, 15) is 4.79 Å². The fourth-order valence-electron chi connectivity index (χ4n) is 2.63. The molecule has 0 radical (unpaired) electrons. The maximum absolute atomic E-state index is 12.1. The maximum Gasteiger partial charge on any atom is 0.410 e. The van der Waals surface area contributed by atoms with Gasteiger partial charge in [-0.25, -0.2) is 4.79 Å². The average molecular weight is 284 g/mol. The predicted octanol–water partition coefficient (Wildman–Crippen LogP) is 3.55. The normalized spacial score (nSPS) is 20.9. The molecule has 1 aliphatic rings. The lowest BCUT2D eigenvalue weighted by Gasteiger charge is -2.26. The molecule has 1 rings (SSSR count). The van der Waals surface area contributed by atoms with Crippen LogP contribution in [0.1, 0.15) is 66.7 Å². The summed E-state index contributed by atoms with van der Waals surface area (Å²) < 4.78 is 5.46. The van der Waals surface area contributed by atoms with Crippen molar-refractivity contribution in [2.45, 2.75) is 84.4 Å². The number of hydrogen-bond acceptors (Lipinski definition) is 3. The van der Waals surface area contributed by atoms with Gasteiger partial charge >= 0.3 is 6.09 Å². The average Bonchev–Trinajstić information content (AvgIpc) is 2.59. The molecule has 1 atom stereocenters. The van der Waals surface area contributed by atoms with Crippen molar-refractivity contribution in [2.75, 3.05) is 13.1 Å². The van der Waals surface area contributed by atoms with Crippen LogP contribution in [0, 0.1) is 0 Å². The van der Waals surface area contributed by atoms with Crippen molar-refractivity contribution in [1.29, 1.82) is 0 Å². The van der Waals surface area contributed by atoms with Crippen LogP contribution in [0.25, 0.3) is 0 Å². The Bertz CT molecular complexity index is 295. The lowest BCUT2D eigenvalue weighted by molar-refractivity contribution is 0.0256. The van der Waals surface area contributed by atoms with Crippen LogP contribution in [-0.2, 0) is 4.74 Å².